The molecular weight excluding hydrogens is 496 g/mol. The van der Waals surface area contributed by atoms with E-state index in [0.717, 1.165) is 21.2 Å². The topological polar surface area (TPSA) is 50.8 Å². The van der Waals surface area contributed by atoms with Crippen molar-refractivity contribution < 1.29 is 8.78 Å². The average Bonchev–Trinajstić information content (AvgIpc) is 2.76. The molecule has 1 aliphatic rings. The largest absolute Gasteiger partial charge is 0.298 e. The lowest BCUT2D eigenvalue weighted by Crippen LogP contribution is -2.52. The minimum Gasteiger partial charge on any atom is -0.298 e. The van der Waals surface area contributed by atoms with Crippen LogP contribution >= 0.6 is 15.9 Å². The van der Waals surface area contributed by atoms with Crippen LogP contribution in [0.5, 0.6) is 0 Å². The number of benzene rings is 3. The molecule has 1 saturated heterocycles. The van der Waals surface area contributed by atoms with Crippen molar-refractivity contribution >= 4 is 15.9 Å². The quantitative estimate of drug-likeness (QED) is 0.353. The lowest BCUT2D eigenvalue weighted by Gasteiger charge is -2.47. The SMILES string of the molecule is CC(C)(F)[C@H](c1cc(F)cc(C#N)c1)C1CN(Cc2ccc(C#N)cc2-c2cccc(Br)c2)C1. The summed E-state index contributed by atoms with van der Waals surface area (Å²) < 4.78 is 30.3. The van der Waals surface area contributed by atoms with Gasteiger partial charge in [-0.15, -0.1) is 0 Å². The zero-order valence-electron chi connectivity index (χ0n) is 19.0. The van der Waals surface area contributed by atoms with E-state index in [0.29, 0.717) is 30.8 Å². The van der Waals surface area contributed by atoms with Crippen molar-refractivity contribution in [2.45, 2.75) is 32.0 Å². The van der Waals surface area contributed by atoms with Crippen molar-refractivity contribution in [3.63, 3.8) is 0 Å². The zero-order valence-corrected chi connectivity index (χ0v) is 20.6. The van der Waals surface area contributed by atoms with E-state index in [1.807, 2.05) is 48.5 Å². The molecule has 0 bridgehead atoms. The van der Waals surface area contributed by atoms with Crippen molar-refractivity contribution in [2.24, 2.45) is 5.92 Å². The summed E-state index contributed by atoms with van der Waals surface area (Å²) in [6.07, 6.45) is 0. The Morgan fingerprint density at radius 3 is 2.41 bits per heavy atom. The van der Waals surface area contributed by atoms with Gasteiger partial charge in [-0.25, -0.2) is 8.78 Å². The third kappa shape index (κ3) is 5.20. The van der Waals surface area contributed by atoms with E-state index >= 15 is 4.39 Å². The van der Waals surface area contributed by atoms with E-state index in [1.165, 1.54) is 26.0 Å². The fourth-order valence-corrected chi connectivity index (χ4v) is 5.38. The summed E-state index contributed by atoms with van der Waals surface area (Å²) in [6.45, 7) is 5.02. The lowest BCUT2D eigenvalue weighted by atomic mass is 9.72. The molecular formula is C28H24BrF2N3. The normalized spacial score (nSPS) is 15.3. The highest BCUT2D eigenvalue weighted by Crippen LogP contribution is 2.43. The van der Waals surface area contributed by atoms with Gasteiger partial charge in [0.25, 0.3) is 0 Å². The number of hydrogen-bond donors (Lipinski definition) is 0. The van der Waals surface area contributed by atoms with Crippen molar-refractivity contribution in [3.8, 4) is 23.3 Å². The van der Waals surface area contributed by atoms with Gasteiger partial charge in [0, 0.05) is 30.0 Å². The maximum Gasteiger partial charge on any atom is 0.124 e. The fraction of sp³-hybridized carbons (Fsp3) is 0.286. The third-order valence-electron chi connectivity index (χ3n) is 6.37. The first-order chi connectivity index (χ1) is 16.2. The number of rotatable bonds is 6. The van der Waals surface area contributed by atoms with Gasteiger partial charge in [0.15, 0.2) is 0 Å². The molecule has 4 rings (SSSR count). The van der Waals surface area contributed by atoms with Crippen LogP contribution < -0.4 is 0 Å². The van der Waals surface area contributed by atoms with Crippen LogP contribution in [-0.4, -0.2) is 23.7 Å². The van der Waals surface area contributed by atoms with Crippen LogP contribution in [0, 0.1) is 34.4 Å². The Bertz CT molecular complexity index is 1290. The first kappa shape index (κ1) is 24.1. The summed E-state index contributed by atoms with van der Waals surface area (Å²) in [6, 6.07) is 22.0. The monoisotopic (exact) mass is 519 g/mol. The molecule has 0 unspecified atom stereocenters. The van der Waals surface area contributed by atoms with E-state index in [9.17, 15) is 14.9 Å². The molecule has 3 aromatic carbocycles. The van der Waals surface area contributed by atoms with Crippen molar-refractivity contribution in [2.75, 3.05) is 13.1 Å². The Labute approximate surface area is 207 Å². The van der Waals surface area contributed by atoms with Gasteiger partial charge in [-0.2, -0.15) is 10.5 Å². The molecule has 34 heavy (non-hydrogen) atoms. The number of nitrogens with zero attached hydrogens (tertiary/aromatic N) is 3. The molecule has 0 saturated carbocycles. The molecule has 6 heteroatoms. The highest BCUT2D eigenvalue weighted by Gasteiger charge is 2.43. The summed E-state index contributed by atoms with van der Waals surface area (Å²) in [7, 11) is 0. The van der Waals surface area contributed by atoms with E-state index in [-0.39, 0.29) is 11.5 Å². The zero-order chi connectivity index (χ0) is 24.5. The fourth-order valence-electron chi connectivity index (χ4n) is 4.98. The second-order valence-electron chi connectivity index (χ2n) is 9.38. The molecule has 3 aromatic rings. The Morgan fingerprint density at radius 1 is 1.03 bits per heavy atom. The predicted molar refractivity (Wildman–Crippen MR) is 132 cm³/mol. The molecule has 0 aromatic heterocycles. The molecule has 0 aliphatic carbocycles. The highest BCUT2D eigenvalue weighted by molar-refractivity contribution is 9.10. The van der Waals surface area contributed by atoms with Gasteiger partial charge in [0.05, 0.1) is 23.3 Å². The Kier molecular flexibility index (Phi) is 6.84. The smallest absolute Gasteiger partial charge is 0.124 e. The van der Waals surface area contributed by atoms with Crippen LogP contribution in [0.2, 0.25) is 0 Å². The third-order valence-corrected chi connectivity index (χ3v) is 6.87. The molecule has 0 radical (unpaired) electrons. The summed E-state index contributed by atoms with van der Waals surface area (Å²) >= 11 is 3.52. The van der Waals surface area contributed by atoms with E-state index in [2.05, 4.69) is 26.9 Å². The molecule has 0 N–H and O–H groups in total. The molecule has 0 spiro atoms. The van der Waals surface area contributed by atoms with Crippen LogP contribution in [-0.2, 0) is 6.54 Å². The van der Waals surface area contributed by atoms with Gasteiger partial charge in [-0.05, 0) is 84.5 Å². The van der Waals surface area contributed by atoms with Crippen LogP contribution in [0.15, 0.2) is 65.1 Å². The van der Waals surface area contributed by atoms with E-state index in [1.54, 1.807) is 6.07 Å². The second-order valence-corrected chi connectivity index (χ2v) is 10.3. The van der Waals surface area contributed by atoms with Crippen LogP contribution in [0.25, 0.3) is 11.1 Å². The average molecular weight is 520 g/mol. The van der Waals surface area contributed by atoms with Gasteiger partial charge < -0.3 is 0 Å². The van der Waals surface area contributed by atoms with Gasteiger partial charge in [0.1, 0.15) is 11.5 Å². The van der Waals surface area contributed by atoms with Gasteiger partial charge in [0.2, 0.25) is 0 Å². The van der Waals surface area contributed by atoms with Crippen molar-refractivity contribution in [1.29, 1.82) is 10.5 Å². The first-order valence-corrected chi connectivity index (χ1v) is 11.9. The summed E-state index contributed by atoms with van der Waals surface area (Å²) in [5, 5.41) is 18.6. The molecule has 1 aliphatic heterocycles. The van der Waals surface area contributed by atoms with Crippen molar-refractivity contribution in [1.82, 2.24) is 4.90 Å². The molecule has 1 heterocycles. The minimum atomic E-state index is -1.56. The predicted octanol–water partition coefficient (Wildman–Crippen LogP) is 6.96. The van der Waals surface area contributed by atoms with Crippen LogP contribution in [0.3, 0.4) is 0 Å². The lowest BCUT2D eigenvalue weighted by molar-refractivity contribution is 0.0213. The Balaban J connectivity index is 1.56. The summed E-state index contributed by atoms with van der Waals surface area (Å²) in [4.78, 5) is 2.23. The molecule has 1 fully saturated rings. The van der Waals surface area contributed by atoms with E-state index in [4.69, 9.17) is 0 Å². The highest BCUT2D eigenvalue weighted by atomic mass is 79.9. The standard InChI is InChI=1S/C28H24BrF2N3/c1-28(2,31)27(22-8-19(14-33)9-25(30)12-22)23-16-34(17-23)15-21-7-6-18(13-32)10-26(21)20-4-3-5-24(29)11-20/h3-12,23,27H,15-17H2,1-2H3/t27-/m1/s1. The molecule has 172 valence electrons. The summed E-state index contributed by atoms with van der Waals surface area (Å²) in [5.41, 5.74) is 2.87. The van der Waals surface area contributed by atoms with Gasteiger partial charge in [-0.1, -0.05) is 34.1 Å². The number of alkyl halides is 1. The van der Waals surface area contributed by atoms with Crippen LogP contribution in [0.4, 0.5) is 8.78 Å². The number of nitriles is 2. The molecule has 1 atom stereocenters. The minimum absolute atomic E-state index is 0.000967. The maximum atomic E-state index is 15.3. The van der Waals surface area contributed by atoms with Gasteiger partial charge in [-0.3, -0.25) is 4.90 Å². The maximum absolute atomic E-state index is 15.3. The number of likely N-dealkylation sites (tertiary alicyclic amines) is 1. The number of hydrogen-bond acceptors (Lipinski definition) is 3. The first-order valence-electron chi connectivity index (χ1n) is 11.1. The van der Waals surface area contributed by atoms with Crippen molar-refractivity contribution in [3.05, 3.63) is 93.2 Å². The second kappa shape index (κ2) is 9.66. The van der Waals surface area contributed by atoms with Crippen LogP contribution in [0.1, 0.15) is 42.0 Å². The molecule has 0 amide bonds. The Morgan fingerprint density at radius 2 is 1.76 bits per heavy atom. The van der Waals surface area contributed by atoms with E-state index < -0.39 is 17.4 Å². The van der Waals surface area contributed by atoms with Gasteiger partial charge >= 0.3 is 0 Å². The number of halogens is 3. The Hall–Kier alpha value is -3.06. The molecule has 3 nitrogen and oxygen atoms in total. The summed E-state index contributed by atoms with van der Waals surface area (Å²) in [5.74, 6) is -1.03.